The third kappa shape index (κ3) is 4.54. The third-order valence-corrected chi connectivity index (χ3v) is 7.13. The highest BCUT2D eigenvalue weighted by Gasteiger charge is 2.31. The van der Waals surface area contributed by atoms with E-state index in [2.05, 4.69) is 0 Å². The average molecular weight is 478 g/mol. The third-order valence-electron chi connectivity index (χ3n) is 5.39. The van der Waals surface area contributed by atoms with Crippen molar-refractivity contribution >= 4 is 39.9 Å². The Bertz CT molecular complexity index is 1320. The quantitative estimate of drug-likeness (QED) is 0.535. The topological polar surface area (TPSA) is 81.5 Å². The van der Waals surface area contributed by atoms with Crippen molar-refractivity contribution in [3.63, 3.8) is 0 Å². The van der Waals surface area contributed by atoms with Gasteiger partial charge in [0.25, 0.3) is 11.8 Å². The van der Waals surface area contributed by atoms with Crippen LogP contribution in [0.1, 0.15) is 32.7 Å². The number of fused-ring (bicyclic) bond motifs is 2. The molecule has 0 bridgehead atoms. The van der Waals surface area contributed by atoms with Crippen molar-refractivity contribution in [3.05, 3.63) is 88.4 Å². The van der Waals surface area contributed by atoms with Crippen LogP contribution in [-0.4, -0.2) is 34.5 Å². The second-order valence-electron chi connectivity index (χ2n) is 7.60. The van der Waals surface area contributed by atoms with Gasteiger partial charge in [0.2, 0.25) is 0 Å². The fraction of sp³-hybridized carbons (Fsp3) is 0.160. The summed E-state index contributed by atoms with van der Waals surface area (Å²) in [5.74, 6) is -0.587. The van der Waals surface area contributed by atoms with E-state index >= 15 is 0 Å². The van der Waals surface area contributed by atoms with Crippen LogP contribution in [0.2, 0.25) is 5.02 Å². The Morgan fingerprint density at radius 2 is 1.88 bits per heavy atom. The summed E-state index contributed by atoms with van der Waals surface area (Å²) in [6.45, 7) is 0.481. The zero-order valence-corrected chi connectivity index (χ0v) is 19.4. The Labute approximate surface area is 199 Å². The number of anilines is 1. The molecular formula is C25H20ClN3O3S. The van der Waals surface area contributed by atoms with Gasteiger partial charge in [-0.2, -0.15) is 5.26 Å². The number of rotatable bonds is 5. The highest BCUT2D eigenvalue weighted by molar-refractivity contribution is 7.85. The van der Waals surface area contributed by atoms with Crippen LogP contribution >= 0.6 is 11.6 Å². The second kappa shape index (κ2) is 9.57. The monoisotopic (exact) mass is 477 g/mol. The number of carbonyl (C=O) groups is 2. The number of nitrogens with zero attached hydrogens (tertiary/aromatic N) is 3. The van der Waals surface area contributed by atoms with Crippen molar-refractivity contribution in [3.8, 4) is 6.07 Å². The van der Waals surface area contributed by atoms with Gasteiger partial charge in [-0.05, 0) is 48.0 Å². The van der Waals surface area contributed by atoms with E-state index in [0.717, 1.165) is 5.56 Å². The highest BCUT2D eigenvalue weighted by Crippen LogP contribution is 2.36. The summed E-state index contributed by atoms with van der Waals surface area (Å²) < 4.78 is 13.5. The van der Waals surface area contributed by atoms with E-state index < -0.39 is 10.8 Å². The fourth-order valence-corrected chi connectivity index (χ4v) is 5.27. The molecule has 1 aliphatic heterocycles. The highest BCUT2D eigenvalue weighted by atomic mass is 35.5. The maximum Gasteiger partial charge on any atom is 0.259 e. The van der Waals surface area contributed by atoms with Crippen LogP contribution in [0.25, 0.3) is 0 Å². The van der Waals surface area contributed by atoms with E-state index in [4.69, 9.17) is 16.9 Å². The first-order chi connectivity index (χ1) is 15.9. The maximum absolute atomic E-state index is 13.6. The molecular weight excluding hydrogens is 458 g/mol. The Morgan fingerprint density at radius 1 is 1.09 bits per heavy atom. The molecule has 3 aromatic rings. The number of nitriles is 1. The van der Waals surface area contributed by atoms with E-state index in [1.165, 1.54) is 9.80 Å². The minimum atomic E-state index is -1.60. The van der Waals surface area contributed by atoms with Crippen molar-refractivity contribution in [1.29, 1.82) is 5.26 Å². The molecule has 0 N–H and O–H groups in total. The van der Waals surface area contributed by atoms with Gasteiger partial charge in [0.15, 0.2) is 0 Å². The maximum atomic E-state index is 13.6. The first-order valence-corrected chi connectivity index (χ1v) is 11.8. The lowest BCUT2D eigenvalue weighted by atomic mass is 10.1. The minimum Gasteiger partial charge on any atom is -0.341 e. The molecule has 33 heavy (non-hydrogen) atoms. The predicted molar refractivity (Wildman–Crippen MR) is 127 cm³/mol. The van der Waals surface area contributed by atoms with Gasteiger partial charge >= 0.3 is 0 Å². The van der Waals surface area contributed by atoms with Gasteiger partial charge in [0.05, 0.1) is 50.9 Å². The van der Waals surface area contributed by atoms with E-state index in [-0.39, 0.29) is 31.3 Å². The number of benzene rings is 3. The van der Waals surface area contributed by atoms with Gasteiger partial charge in [-0.1, -0.05) is 35.9 Å². The molecule has 0 aromatic heterocycles. The molecule has 0 spiro atoms. The molecule has 8 heteroatoms. The summed E-state index contributed by atoms with van der Waals surface area (Å²) in [4.78, 5) is 30.4. The van der Waals surface area contributed by atoms with Gasteiger partial charge in [-0.3, -0.25) is 9.59 Å². The summed E-state index contributed by atoms with van der Waals surface area (Å²) in [5, 5.41) is 9.36. The van der Waals surface area contributed by atoms with E-state index in [1.54, 1.807) is 67.7 Å². The Kier molecular flexibility index (Phi) is 6.59. The van der Waals surface area contributed by atoms with Gasteiger partial charge in [-0.25, -0.2) is 4.21 Å². The normalized spacial score (nSPS) is 14.6. The van der Waals surface area contributed by atoms with E-state index in [0.29, 0.717) is 31.6 Å². The molecule has 1 unspecified atom stereocenters. The van der Waals surface area contributed by atoms with Crippen LogP contribution in [0.4, 0.5) is 5.69 Å². The van der Waals surface area contributed by atoms with Crippen molar-refractivity contribution in [2.24, 2.45) is 0 Å². The lowest BCUT2D eigenvalue weighted by molar-refractivity contribution is 0.0797. The molecule has 0 aliphatic carbocycles. The van der Waals surface area contributed by atoms with E-state index in [9.17, 15) is 13.8 Å². The molecule has 166 valence electrons. The number of halogens is 1. The lowest BCUT2D eigenvalue weighted by Gasteiger charge is -2.24. The van der Waals surface area contributed by atoms with Crippen molar-refractivity contribution in [1.82, 2.24) is 4.90 Å². The molecule has 0 saturated heterocycles. The molecule has 1 atom stereocenters. The first kappa shape index (κ1) is 22.7. The van der Waals surface area contributed by atoms with Crippen LogP contribution < -0.4 is 4.90 Å². The Balaban J connectivity index is 1.84. The standard InChI is InChI=1S/C25H20ClN3O3S/c1-28(13-5-12-27)24(30)18-10-11-23-21(15-18)29(16-17-6-4-7-19(26)14-17)25(31)20-8-2-3-9-22(20)33(23)32/h2-4,6-11,14-15H,5,13,16H2,1H3. The minimum absolute atomic E-state index is 0.194. The first-order valence-electron chi connectivity index (χ1n) is 10.2. The van der Waals surface area contributed by atoms with Crippen LogP contribution in [0.15, 0.2) is 76.5 Å². The summed E-state index contributed by atoms with van der Waals surface area (Å²) >= 11 is 6.15. The molecule has 6 nitrogen and oxygen atoms in total. The summed E-state index contributed by atoms with van der Waals surface area (Å²) in [7, 11) is 0.0145. The zero-order valence-electron chi connectivity index (χ0n) is 17.8. The molecule has 0 fully saturated rings. The SMILES string of the molecule is CN(CCC#N)C(=O)c1ccc2c(c1)N(Cc1cccc(Cl)c1)C(=O)c1ccccc1S2=O. The van der Waals surface area contributed by atoms with E-state index in [1.807, 2.05) is 12.1 Å². The summed E-state index contributed by atoms with van der Waals surface area (Å²) in [6, 6.07) is 20.9. The molecule has 2 amide bonds. The lowest BCUT2D eigenvalue weighted by Crippen LogP contribution is -2.31. The van der Waals surface area contributed by atoms with Gasteiger partial charge in [-0.15, -0.1) is 0 Å². The molecule has 3 aromatic carbocycles. The average Bonchev–Trinajstić information content (AvgIpc) is 2.91. The van der Waals surface area contributed by atoms with Crippen LogP contribution in [-0.2, 0) is 17.3 Å². The summed E-state index contributed by atoms with van der Waals surface area (Å²) in [6.07, 6.45) is 0.214. The van der Waals surface area contributed by atoms with Crippen molar-refractivity contribution in [2.75, 3.05) is 18.5 Å². The second-order valence-corrected chi connectivity index (χ2v) is 9.46. The predicted octanol–water partition coefficient (Wildman–Crippen LogP) is 4.65. The van der Waals surface area contributed by atoms with Crippen LogP contribution in [0.5, 0.6) is 0 Å². The van der Waals surface area contributed by atoms with Crippen molar-refractivity contribution in [2.45, 2.75) is 22.8 Å². The van der Waals surface area contributed by atoms with Crippen LogP contribution in [0, 0.1) is 11.3 Å². The van der Waals surface area contributed by atoms with Gasteiger partial charge < -0.3 is 9.80 Å². The fourth-order valence-electron chi connectivity index (χ4n) is 3.71. The zero-order chi connectivity index (χ0) is 23.5. The van der Waals surface area contributed by atoms with Crippen molar-refractivity contribution < 1.29 is 13.8 Å². The summed E-state index contributed by atoms with van der Waals surface area (Å²) in [5.41, 5.74) is 1.91. The number of hydrogen-bond donors (Lipinski definition) is 0. The molecule has 4 rings (SSSR count). The molecule has 1 heterocycles. The smallest absolute Gasteiger partial charge is 0.259 e. The number of amides is 2. The Hall–Kier alpha value is -3.47. The molecule has 0 saturated carbocycles. The van der Waals surface area contributed by atoms with Gasteiger partial charge in [0.1, 0.15) is 0 Å². The van der Waals surface area contributed by atoms with Crippen LogP contribution in [0.3, 0.4) is 0 Å². The largest absolute Gasteiger partial charge is 0.341 e. The molecule has 1 aliphatic rings. The molecule has 0 radical (unpaired) electrons. The number of carbonyl (C=O) groups excluding carboxylic acids is 2. The Morgan fingerprint density at radius 3 is 2.64 bits per heavy atom. The van der Waals surface area contributed by atoms with Gasteiger partial charge in [0, 0.05) is 24.2 Å². The number of hydrogen-bond acceptors (Lipinski definition) is 4.